The van der Waals surface area contributed by atoms with Gasteiger partial charge in [-0.1, -0.05) is 48.2 Å². The van der Waals surface area contributed by atoms with Gasteiger partial charge >= 0.3 is 0 Å². The molecule has 1 nitrogen and oxygen atoms in total. The fourth-order valence-corrected chi connectivity index (χ4v) is 3.24. The monoisotopic (exact) mass is 295 g/mol. The minimum atomic E-state index is 0.529. The van der Waals surface area contributed by atoms with Crippen molar-refractivity contribution in [1.29, 1.82) is 0 Å². The maximum atomic E-state index is 3.63. The second-order valence-corrected chi connectivity index (χ2v) is 6.12. The average molecular weight is 296 g/mol. The molecule has 1 unspecified atom stereocenters. The van der Waals surface area contributed by atoms with E-state index in [0.29, 0.717) is 6.04 Å². The van der Waals surface area contributed by atoms with Crippen LogP contribution in [0.2, 0.25) is 0 Å². The maximum absolute atomic E-state index is 3.63. The van der Waals surface area contributed by atoms with E-state index in [0.717, 1.165) is 12.5 Å². The van der Waals surface area contributed by atoms with Crippen molar-refractivity contribution < 1.29 is 0 Å². The van der Waals surface area contributed by atoms with Crippen LogP contribution < -0.4 is 5.32 Å². The first-order valence-electron chi connectivity index (χ1n) is 6.69. The molecule has 0 radical (unpaired) electrons. The fraction of sp³-hybridized carbons (Fsp3) is 0.600. The van der Waals surface area contributed by atoms with Crippen LogP contribution in [0.15, 0.2) is 22.7 Å². The van der Waals surface area contributed by atoms with Crippen molar-refractivity contribution >= 4 is 15.9 Å². The molecule has 1 N–H and O–H groups in total. The molecule has 2 rings (SSSR count). The van der Waals surface area contributed by atoms with Gasteiger partial charge in [-0.05, 0) is 49.1 Å². The van der Waals surface area contributed by atoms with Crippen molar-refractivity contribution in [1.82, 2.24) is 5.32 Å². The number of rotatable bonds is 5. The Morgan fingerprint density at radius 2 is 2.12 bits per heavy atom. The SMILES string of the molecule is CCNC(CC1CCC1)c1cc(C)cc(Br)c1. The topological polar surface area (TPSA) is 12.0 Å². The van der Waals surface area contributed by atoms with E-state index in [2.05, 4.69) is 53.3 Å². The standard InChI is InChI=1S/C15H22BrN/c1-3-17-15(9-12-5-4-6-12)13-7-11(2)8-14(16)10-13/h7-8,10,12,15,17H,3-6,9H2,1-2H3. The van der Waals surface area contributed by atoms with Crippen LogP contribution in [0.25, 0.3) is 0 Å². The summed E-state index contributed by atoms with van der Waals surface area (Å²) in [5.41, 5.74) is 2.77. The Bertz CT molecular complexity index is 351. The van der Waals surface area contributed by atoms with Gasteiger partial charge in [-0.25, -0.2) is 0 Å². The lowest BCUT2D eigenvalue weighted by Gasteiger charge is -2.30. The van der Waals surface area contributed by atoms with Crippen LogP contribution in [0, 0.1) is 12.8 Å². The van der Waals surface area contributed by atoms with Gasteiger partial charge in [-0.3, -0.25) is 0 Å². The Hall–Kier alpha value is -0.340. The van der Waals surface area contributed by atoms with Crippen LogP contribution in [-0.4, -0.2) is 6.54 Å². The Balaban J connectivity index is 2.12. The molecule has 94 valence electrons. The normalized spacial score (nSPS) is 17.8. The summed E-state index contributed by atoms with van der Waals surface area (Å²) in [7, 11) is 0. The summed E-state index contributed by atoms with van der Waals surface area (Å²) in [4.78, 5) is 0. The van der Waals surface area contributed by atoms with Gasteiger partial charge in [0.05, 0.1) is 0 Å². The van der Waals surface area contributed by atoms with E-state index in [9.17, 15) is 0 Å². The van der Waals surface area contributed by atoms with Gasteiger partial charge in [0.2, 0.25) is 0 Å². The molecule has 1 aromatic carbocycles. The number of halogens is 1. The number of hydrogen-bond donors (Lipinski definition) is 1. The van der Waals surface area contributed by atoms with Crippen molar-refractivity contribution in [3.05, 3.63) is 33.8 Å². The van der Waals surface area contributed by atoms with Crippen molar-refractivity contribution in [3.8, 4) is 0 Å². The molecule has 0 amide bonds. The summed E-state index contributed by atoms with van der Waals surface area (Å²) < 4.78 is 1.20. The minimum absolute atomic E-state index is 0.529. The van der Waals surface area contributed by atoms with Crippen molar-refractivity contribution in [2.45, 2.75) is 45.6 Å². The smallest absolute Gasteiger partial charge is 0.0323 e. The van der Waals surface area contributed by atoms with Gasteiger partial charge in [0, 0.05) is 10.5 Å². The first kappa shape index (κ1) is 13.1. The molecule has 1 atom stereocenters. The summed E-state index contributed by atoms with van der Waals surface area (Å²) >= 11 is 3.60. The zero-order chi connectivity index (χ0) is 12.3. The lowest BCUT2D eigenvalue weighted by Crippen LogP contribution is -2.26. The molecule has 1 aliphatic carbocycles. The van der Waals surface area contributed by atoms with Crippen LogP contribution >= 0.6 is 15.9 Å². The van der Waals surface area contributed by atoms with Crippen LogP contribution in [0.3, 0.4) is 0 Å². The summed E-state index contributed by atoms with van der Waals surface area (Å²) in [5, 5.41) is 3.63. The lowest BCUT2D eigenvalue weighted by atomic mass is 9.79. The molecule has 0 heterocycles. The van der Waals surface area contributed by atoms with Crippen LogP contribution in [-0.2, 0) is 0 Å². The van der Waals surface area contributed by atoms with Crippen molar-refractivity contribution in [3.63, 3.8) is 0 Å². The summed E-state index contributed by atoms with van der Waals surface area (Å²) in [6.45, 7) is 5.40. The summed E-state index contributed by atoms with van der Waals surface area (Å²) in [6.07, 6.45) is 5.58. The predicted octanol–water partition coefficient (Wildman–Crippen LogP) is 4.60. The third-order valence-corrected chi connectivity index (χ3v) is 4.17. The lowest BCUT2D eigenvalue weighted by molar-refractivity contribution is 0.262. The molecule has 1 saturated carbocycles. The highest BCUT2D eigenvalue weighted by atomic mass is 79.9. The molecule has 17 heavy (non-hydrogen) atoms. The zero-order valence-electron chi connectivity index (χ0n) is 10.8. The third kappa shape index (κ3) is 3.56. The predicted molar refractivity (Wildman–Crippen MR) is 77.3 cm³/mol. The second kappa shape index (κ2) is 6.01. The number of hydrogen-bond acceptors (Lipinski definition) is 1. The van der Waals surface area contributed by atoms with E-state index in [1.165, 1.54) is 41.3 Å². The van der Waals surface area contributed by atoms with Gasteiger partial charge in [0.1, 0.15) is 0 Å². The molecule has 0 aliphatic heterocycles. The first-order chi connectivity index (χ1) is 8.19. The molecule has 1 aliphatic rings. The molecule has 0 bridgehead atoms. The van der Waals surface area contributed by atoms with Gasteiger partial charge < -0.3 is 5.32 Å². The highest BCUT2D eigenvalue weighted by Crippen LogP contribution is 2.35. The number of aryl methyl sites for hydroxylation is 1. The number of nitrogens with one attached hydrogen (secondary N) is 1. The quantitative estimate of drug-likeness (QED) is 0.837. The highest BCUT2D eigenvalue weighted by molar-refractivity contribution is 9.10. The maximum Gasteiger partial charge on any atom is 0.0323 e. The molecule has 0 aromatic heterocycles. The van der Waals surface area contributed by atoms with E-state index in [4.69, 9.17) is 0 Å². The molecule has 2 heteroatoms. The first-order valence-corrected chi connectivity index (χ1v) is 7.49. The third-order valence-electron chi connectivity index (χ3n) is 3.71. The molecule has 1 aromatic rings. The van der Waals surface area contributed by atoms with Crippen LogP contribution in [0.1, 0.15) is 49.8 Å². The van der Waals surface area contributed by atoms with Gasteiger partial charge in [-0.15, -0.1) is 0 Å². The van der Waals surface area contributed by atoms with Crippen LogP contribution in [0.5, 0.6) is 0 Å². The number of benzene rings is 1. The van der Waals surface area contributed by atoms with Gasteiger partial charge in [-0.2, -0.15) is 0 Å². The van der Waals surface area contributed by atoms with E-state index in [1.54, 1.807) is 0 Å². The largest absolute Gasteiger partial charge is 0.310 e. The van der Waals surface area contributed by atoms with E-state index < -0.39 is 0 Å². The van der Waals surface area contributed by atoms with Crippen molar-refractivity contribution in [2.24, 2.45) is 5.92 Å². The van der Waals surface area contributed by atoms with Gasteiger partial charge in [0.15, 0.2) is 0 Å². The van der Waals surface area contributed by atoms with E-state index >= 15 is 0 Å². The van der Waals surface area contributed by atoms with E-state index in [-0.39, 0.29) is 0 Å². The molecular formula is C15H22BrN. The molecule has 0 spiro atoms. The van der Waals surface area contributed by atoms with Crippen molar-refractivity contribution in [2.75, 3.05) is 6.54 Å². The van der Waals surface area contributed by atoms with Gasteiger partial charge in [0.25, 0.3) is 0 Å². The summed E-state index contributed by atoms with van der Waals surface area (Å²) in [6, 6.07) is 7.28. The van der Waals surface area contributed by atoms with E-state index in [1.807, 2.05) is 0 Å². The molecular weight excluding hydrogens is 274 g/mol. The Morgan fingerprint density at radius 3 is 2.65 bits per heavy atom. The second-order valence-electron chi connectivity index (χ2n) is 5.20. The average Bonchev–Trinajstić information content (AvgIpc) is 2.20. The minimum Gasteiger partial charge on any atom is -0.310 e. The highest BCUT2D eigenvalue weighted by Gasteiger charge is 2.22. The Morgan fingerprint density at radius 1 is 1.35 bits per heavy atom. The zero-order valence-corrected chi connectivity index (χ0v) is 12.4. The molecule has 0 saturated heterocycles. The Labute approximate surface area is 113 Å². The summed E-state index contributed by atoms with van der Waals surface area (Å²) in [5.74, 6) is 0.943. The molecule has 1 fully saturated rings. The fourth-order valence-electron chi connectivity index (χ4n) is 2.61. The Kier molecular flexibility index (Phi) is 4.63. The van der Waals surface area contributed by atoms with Crippen LogP contribution in [0.4, 0.5) is 0 Å².